The molecule has 1 atom stereocenters. The van der Waals surface area contributed by atoms with Crippen molar-refractivity contribution in [2.24, 2.45) is 5.92 Å². The first kappa shape index (κ1) is 14.2. The van der Waals surface area contributed by atoms with Crippen molar-refractivity contribution < 1.29 is 9.53 Å². The van der Waals surface area contributed by atoms with E-state index in [0.29, 0.717) is 17.2 Å². The predicted molar refractivity (Wildman–Crippen MR) is 70.0 cm³/mol. The van der Waals surface area contributed by atoms with Gasteiger partial charge in [-0.2, -0.15) is 5.26 Å². The lowest BCUT2D eigenvalue weighted by Gasteiger charge is -2.16. The van der Waals surface area contributed by atoms with E-state index in [0.717, 1.165) is 0 Å². The van der Waals surface area contributed by atoms with Gasteiger partial charge in [0.1, 0.15) is 12.7 Å². The van der Waals surface area contributed by atoms with Crippen LogP contribution in [0, 0.1) is 17.2 Å². The molecular formula is C14H18N2O2. The minimum Gasteiger partial charge on any atom is -0.368 e. The Labute approximate surface area is 108 Å². The lowest BCUT2D eigenvalue weighted by atomic mass is 10.1. The number of carbonyl (C=O) groups is 1. The van der Waals surface area contributed by atoms with E-state index in [4.69, 9.17) is 10.00 Å². The number of hydrogen-bond donors (Lipinski definition) is 1. The van der Waals surface area contributed by atoms with E-state index in [1.54, 1.807) is 24.3 Å². The molecule has 1 aromatic carbocycles. The van der Waals surface area contributed by atoms with Crippen molar-refractivity contribution in [3.63, 3.8) is 0 Å². The zero-order valence-electron chi connectivity index (χ0n) is 10.9. The first-order valence-electron chi connectivity index (χ1n) is 5.95. The van der Waals surface area contributed by atoms with Gasteiger partial charge in [-0.3, -0.25) is 4.79 Å². The monoisotopic (exact) mass is 246 g/mol. The van der Waals surface area contributed by atoms with E-state index in [-0.39, 0.29) is 18.6 Å². The van der Waals surface area contributed by atoms with Crippen molar-refractivity contribution in [3.05, 3.63) is 29.8 Å². The summed E-state index contributed by atoms with van der Waals surface area (Å²) in [4.78, 5) is 11.7. The lowest BCUT2D eigenvalue weighted by molar-refractivity contribution is -0.123. The summed E-state index contributed by atoms with van der Waals surface area (Å²) in [7, 11) is 0. The fourth-order valence-electron chi connectivity index (χ4n) is 1.28. The summed E-state index contributed by atoms with van der Waals surface area (Å²) in [5.41, 5.74) is 0.966. The van der Waals surface area contributed by atoms with Gasteiger partial charge in [0.25, 0.3) is 0 Å². The number of nitrogens with one attached hydrogen (secondary N) is 1. The molecule has 0 aromatic heterocycles. The van der Waals surface area contributed by atoms with E-state index in [9.17, 15) is 4.79 Å². The molecule has 4 nitrogen and oxygen atoms in total. The van der Waals surface area contributed by atoms with E-state index in [1.807, 2.05) is 26.8 Å². The molecule has 0 heterocycles. The van der Waals surface area contributed by atoms with Gasteiger partial charge in [-0.25, -0.2) is 0 Å². The number of anilines is 1. The van der Waals surface area contributed by atoms with E-state index >= 15 is 0 Å². The minimum absolute atomic E-state index is 0.000883. The highest BCUT2D eigenvalue weighted by Crippen LogP contribution is 2.13. The molecule has 0 aliphatic heterocycles. The van der Waals surface area contributed by atoms with Crippen LogP contribution in [0.1, 0.15) is 26.3 Å². The number of carbonyl (C=O) groups excluding carboxylic acids is 1. The average Bonchev–Trinajstić information content (AvgIpc) is 2.36. The Balaban J connectivity index is 2.53. The summed E-state index contributed by atoms with van der Waals surface area (Å²) >= 11 is 0. The summed E-state index contributed by atoms with van der Waals surface area (Å²) in [5, 5.41) is 11.6. The van der Waals surface area contributed by atoms with Crippen LogP contribution in [-0.4, -0.2) is 18.6 Å². The molecule has 1 aromatic rings. The zero-order chi connectivity index (χ0) is 13.5. The van der Waals surface area contributed by atoms with Crippen LogP contribution in [0.5, 0.6) is 0 Å². The van der Waals surface area contributed by atoms with Gasteiger partial charge < -0.3 is 10.1 Å². The Kier molecular flexibility index (Phi) is 5.34. The number of hydrogen-bond acceptors (Lipinski definition) is 3. The maximum absolute atomic E-state index is 11.7. The Morgan fingerprint density at radius 2 is 2.06 bits per heavy atom. The van der Waals surface area contributed by atoms with Crippen LogP contribution in [0.4, 0.5) is 5.69 Å². The van der Waals surface area contributed by atoms with Gasteiger partial charge in [-0.15, -0.1) is 0 Å². The molecule has 1 rings (SSSR count). The molecular weight excluding hydrogens is 228 g/mol. The molecule has 4 heteroatoms. The Bertz CT molecular complexity index is 449. The zero-order valence-corrected chi connectivity index (χ0v) is 10.9. The predicted octanol–water partition coefficient (Wildman–Crippen LogP) is 2.56. The molecule has 0 fully saturated rings. The molecule has 1 amide bonds. The van der Waals surface area contributed by atoms with Crippen LogP contribution < -0.4 is 5.32 Å². The smallest absolute Gasteiger partial charge is 0.250 e. The van der Waals surface area contributed by atoms with Crippen LogP contribution in [0.15, 0.2) is 24.3 Å². The van der Waals surface area contributed by atoms with Crippen molar-refractivity contribution in [3.8, 4) is 6.07 Å². The molecule has 0 radical (unpaired) electrons. The normalized spacial score (nSPS) is 11.9. The minimum atomic E-state index is -0.245. The summed E-state index contributed by atoms with van der Waals surface area (Å²) in [6, 6.07) is 8.91. The second-order valence-corrected chi connectivity index (χ2v) is 4.47. The fraction of sp³-hybridized carbons (Fsp3) is 0.429. The van der Waals surface area contributed by atoms with Crippen LogP contribution >= 0.6 is 0 Å². The standard InChI is InChI=1S/C14H18N2O2/c1-10(2)11(3)18-9-14(17)16-13-7-5-4-6-12(13)8-15/h4-7,10-11H,9H2,1-3H3,(H,16,17). The van der Waals surface area contributed by atoms with Gasteiger partial charge in [0.2, 0.25) is 5.91 Å². The number of benzene rings is 1. The average molecular weight is 246 g/mol. The third-order valence-electron chi connectivity index (χ3n) is 2.74. The molecule has 0 aliphatic carbocycles. The summed E-state index contributed by atoms with van der Waals surface area (Å²) < 4.78 is 5.42. The van der Waals surface area contributed by atoms with Crippen LogP contribution in [0.3, 0.4) is 0 Å². The molecule has 1 N–H and O–H groups in total. The quantitative estimate of drug-likeness (QED) is 0.868. The van der Waals surface area contributed by atoms with Gasteiger partial charge in [-0.05, 0) is 25.0 Å². The SMILES string of the molecule is CC(C)C(C)OCC(=O)Nc1ccccc1C#N. The van der Waals surface area contributed by atoms with Crippen molar-refractivity contribution in [2.45, 2.75) is 26.9 Å². The van der Waals surface area contributed by atoms with E-state index in [2.05, 4.69) is 5.32 Å². The number of rotatable bonds is 5. The maximum atomic E-state index is 11.7. The maximum Gasteiger partial charge on any atom is 0.250 e. The van der Waals surface area contributed by atoms with Crippen molar-refractivity contribution in [2.75, 3.05) is 11.9 Å². The molecule has 0 saturated heterocycles. The highest BCUT2D eigenvalue weighted by Gasteiger charge is 2.11. The molecule has 96 valence electrons. The summed E-state index contributed by atoms with van der Waals surface area (Å²) in [6.07, 6.45) is 0.0296. The Morgan fingerprint density at radius 3 is 2.67 bits per heavy atom. The fourth-order valence-corrected chi connectivity index (χ4v) is 1.28. The first-order valence-corrected chi connectivity index (χ1v) is 5.95. The Hall–Kier alpha value is -1.86. The van der Waals surface area contributed by atoms with Crippen LogP contribution in [0.25, 0.3) is 0 Å². The third-order valence-corrected chi connectivity index (χ3v) is 2.74. The largest absolute Gasteiger partial charge is 0.368 e. The molecule has 0 bridgehead atoms. The van der Waals surface area contributed by atoms with E-state index in [1.165, 1.54) is 0 Å². The van der Waals surface area contributed by atoms with Gasteiger partial charge in [0.05, 0.1) is 17.4 Å². The number of nitrogens with zero attached hydrogens (tertiary/aromatic N) is 1. The number of para-hydroxylation sites is 1. The second kappa shape index (κ2) is 6.77. The van der Waals surface area contributed by atoms with Crippen LogP contribution in [-0.2, 0) is 9.53 Å². The number of ether oxygens (including phenoxy) is 1. The summed E-state index contributed by atoms with van der Waals surface area (Å²) in [6.45, 7) is 6.00. The Morgan fingerprint density at radius 1 is 1.39 bits per heavy atom. The molecule has 0 aliphatic rings. The van der Waals surface area contributed by atoms with Gasteiger partial charge in [-0.1, -0.05) is 26.0 Å². The highest BCUT2D eigenvalue weighted by atomic mass is 16.5. The first-order chi connectivity index (χ1) is 8.54. The van der Waals surface area contributed by atoms with Crippen molar-refractivity contribution >= 4 is 11.6 Å². The van der Waals surface area contributed by atoms with E-state index < -0.39 is 0 Å². The second-order valence-electron chi connectivity index (χ2n) is 4.47. The molecule has 1 unspecified atom stereocenters. The molecule has 0 saturated carbocycles. The number of nitriles is 1. The highest BCUT2D eigenvalue weighted by molar-refractivity contribution is 5.92. The van der Waals surface area contributed by atoms with Gasteiger partial charge in [0.15, 0.2) is 0 Å². The number of amides is 1. The van der Waals surface area contributed by atoms with Gasteiger partial charge in [0, 0.05) is 0 Å². The molecule has 18 heavy (non-hydrogen) atoms. The molecule has 0 spiro atoms. The third kappa shape index (κ3) is 4.19. The van der Waals surface area contributed by atoms with Crippen molar-refractivity contribution in [1.29, 1.82) is 5.26 Å². The van der Waals surface area contributed by atoms with Crippen LogP contribution in [0.2, 0.25) is 0 Å². The summed E-state index contributed by atoms with van der Waals surface area (Å²) in [5.74, 6) is 0.120. The van der Waals surface area contributed by atoms with Gasteiger partial charge >= 0.3 is 0 Å². The lowest BCUT2D eigenvalue weighted by Crippen LogP contribution is -2.24. The topological polar surface area (TPSA) is 62.1 Å². The van der Waals surface area contributed by atoms with Crippen molar-refractivity contribution in [1.82, 2.24) is 0 Å².